The van der Waals surface area contributed by atoms with E-state index in [0.29, 0.717) is 6.42 Å². The van der Waals surface area contributed by atoms with Gasteiger partial charge in [0.2, 0.25) is 29.5 Å². The minimum atomic E-state index is -1.52. The third kappa shape index (κ3) is 13.7. The molecule has 0 aliphatic carbocycles. The topological polar surface area (TPSA) is 204 Å². The number of benzene rings is 1. The van der Waals surface area contributed by atoms with Crippen LogP contribution in [0.5, 0.6) is 0 Å². The third-order valence-corrected chi connectivity index (χ3v) is 8.23. The van der Waals surface area contributed by atoms with Crippen LogP contribution in [0.1, 0.15) is 103 Å². The van der Waals surface area contributed by atoms with Crippen molar-refractivity contribution in [1.82, 2.24) is 25.8 Å². The standard InChI is InChI=1S/C35H54N6O7/c1-5-6-7-8-9-10-11-12-13-18-31(43)41(4)29(19-24-22-37-26-17-15-14-16-25(24)26)35(48)40-27(20-30(36)42)34(47)39-28(21-32(44)45)33(46)38-23(2)3/h14-17,22-23,27-29,37H,5-13,18-21H2,1-4H3,(H2,36,42)(H,38,46)(H,39,47)(H,40,48)(H,44,45). The molecule has 0 aliphatic heterocycles. The number of likely N-dealkylation sites (N-methyl/N-ethyl adjacent to an activating group) is 1. The average Bonchev–Trinajstić information content (AvgIpc) is 3.43. The molecule has 3 unspecified atom stereocenters. The van der Waals surface area contributed by atoms with Crippen LogP contribution in [0.25, 0.3) is 10.9 Å². The zero-order valence-corrected chi connectivity index (χ0v) is 28.8. The number of nitrogens with one attached hydrogen (secondary N) is 4. The number of H-pyrrole nitrogens is 1. The summed E-state index contributed by atoms with van der Waals surface area (Å²) in [5.74, 6) is -4.86. The maximum absolute atomic E-state index is 13.9. The average molecular weight is 671 g/mol. The third-order valence-electron chi connectivity index (χ3n) is 8.23. The molecule has 266 valence electrons. The molecule has 1 aromatic carbocycles. The summed E-state index contributed by atoms with van der Waals surface area (Å²) >= 11 is 0. The van der Waals surface area contributed by atoms with E-state index in [0.717, 1.165) is 35.7 Å². The van der Waals surface area contributed by atoms with Gasteiger partial charge in [0, 0.05) is 43.0 Å². The molecule has 0 bridgehead atoms. The smallest absolute Gasteiger partial charge is 0.305 e. The maximum Gasteiger partial charge on any atom is 0.305 e. The van der Waals surface area contributed by atoms with Crippen molar-refractivity contribution in [3.05, 3.63) is 36.0 Å². The van der Waals surface area contributed by atoms with Gasteiger partial charge >= 0.3 is 5.97 Å². The van der Waals surface area contributed by atoms with E-state index in [1.807, 2.05) is 24.3 Å². The Bertz CT molecular complexity index is 1370. The number of carboxylic acids is 1. The first-order valence-electron chi connectivity index (χ1n) is 17.1. The molecule has 0 saturated carbocycles. The fourth-order valence-electron chi connectivity index (χ4n) is 5.57. The molecule has 0 radical (unpaired) electrons. The Morgan fingerprint density at radius 1 is 0.812 bits per heavy atom. The first kappa shape index (κ1) is 39.8. The number of primary amides is 1. The molecule has 0 saturated heterocycles. The Morgan fingerprint density at radius 3 is 1.98 bits per heavy atom. The monoisotopic (exact) mass is 670 g/mol. The summed E-state index contributed by atoms with van der Waals surface area (Å²) in [6, 6.07) is 3.15. The molecule has 1 heterocycles. The Morgan fingerprint density at radius 2 is 1.38 bits per heavy atom. The first-order chi connectivity index (χ1) is 22.8. The molecule has 13 heteroatoms. The van der Waals surface area contributed by atoms with Crippen LogP contribution in [0.15, 0.2) is 30.5 Å². The predicted molar refractivity (Wildman–Crippen MR) is 184 cm³/mol. The van der Waals surface area contributed by atoms with Gasteiger partial charge in [0.25, 0.3) is 0 Å². The van der Waals surface area contributed by atoms with Crippen LogP contribution >= 0.6 is 0 Å². The van der Waals surface area contributed by atoms with E-state index in [4.69, 9.17) is 5.73 Å². The normalized spacial score (nSPS) is 13.0. The fraction of sp³-hybridized carbons (Fsp3) is 0.600. The van der Waals surface area contributed by atoms with Gasteiger partial charge in [-0.15, -0.1) is 0 Å². The summed E-state index contributed by atoms with van der Waals surface area (Å²) in [6.07, 6.45) is 10.6. The van der Waals surface area contributed by atoms with Crippen molar-refractivity contribution in [3.8, 4) is 0 Å². The second kappa shape index (κ2) is 20.7. The Kier molecular flexibility index (Phi) is 17.2. The molecule has 2 rings (SSSR count). The van der Waals surface area contributed by atoms with Gasteiger partial charge in [0.1, 0.15) is 18.1 Å². The first-order valence-corrected chi connectivity index (χ1v) is 17.1. The number of para-hydroxylation sites is 1. The van der Waals surface area contributed by atoms with Crippen LogP contribution in [0.2, 0.25) is 0 Å². The lowest BCUT2D eigenvalue weighted by atomic mass is 10.0. The molecule has 7 N–H and O–H groups in total. The van der Waals surface area contributed by atoms with E-state index in [2.05, 4.69) is 27.9 Å². The molecule has 0 spiro atoms. The van der Waals surface area contributed by atoms with Gasteiger partial charge < -0.3 is 36.7 Å². The minimum absolute atomic E-state index is 0.110. The molecular formula is C35H54N6O7. The van der Waals surface area contributed by atoms with Crippen molar-refractivity contribution in [2.45, 2.75) is 128 Å². The highest BCUT2D eigenvalue weighted by Crippen LogP contribution is 2.21. The number of aromatic amines is 1. The zero-order valence-electron chi connectivity index (χ0n) is 28.8. The summed E-state index contributed by atoms with van der Waals surface area (Å²) in [7, 11) is 1.54. The van der Waals surface area contributed by atoms with Gasteiger partial charge in [0.05, 0.1) is 12.8 Å². The Hall–Kier alpha value is -4.42. The summed E-state index contributed by atoms with van der Waals surface area (Å²) in [6.45, 7) is 5.54. The summed E-state index contributed by atoms with van der Waals surface area (Å²) in [5.41, 5.74) is 7.03. The van der Waals surface area contributed by atoms with Crippen LogP contribution < -0.4 is 21.7 Å². The van der Waals surface area contributed by atoms with E-state index in [9.17, 15) is 33.9 Å². The number of amides is 5. The van der Waals surface area contributed by atoms with Crippen molar-refractivity contribution in [2.75, 3.05) is 7.05 Å². The number of rotatable bonds is 23. The molecule has 5 amide bonds. The molecule has 48 heavy (non-hydrogen) atoms. The van der Waals surface area contributed by atoms with Crippen molar-refractivity contribution in [3.63, 3.8) is 0 Å². The molecule has 2 aromatic rings. The molecule has 3 atom stereocenters. The molecule has 0 fully saturated rings. The highest BCUT2D eigenvalue weighted by molar-refractivity contribution is 5.97. The molecule has 13 nitrogen and oxygen atoms in total. The number of nitrogens with two attached hydrogens (primary N) is 1. The van der Waals surface area contributed by atoms with Gasteiger partial charge in [-0.2, -0.15) is 0 Å². The summed E-state index contributed by atoms with van der Waals surface area (Å²) < 4.78 is 0. The molecular weight excluding hydrogens is 616 g/mol. The van der Waals surface area contributed by atoms with Crippen molar-refractivity contribution in [1.29, 1.82) is 0 Å². The number of carbonyl (C=O) groups excluding carboxylic acids is 5. The van der Waals surface area contributed by atoms with Gasteiger partial charge in [-0.3, -0.25) is 28.8 Å². The number of fused-ring (bicyclic) bond motifs is 1. The van der Waals surface area contributed by atoms with Gasteiger partial charge in [-0.1, -0.05) is 76.5 Å². The highest BCUT2D eigenvalue weighted by atomic mass is 16.4. The van der Waals surface area contributed by atoms with Gasteiger partial charge in [-0.25, -0.2) is 0 Å². The zero-order chi connectivity index (χ0) is 35.6. The second-order valence-electron chi connectivity index (χ2n) is 12.7. The summed E-state index contributed by atoms with van der Waals surface area (Å²) in [5, 5.41) is 17.6. The van der Waals surface area contributed by atoms with Crippen LogP contribution in [0, 0.1) is 0 Å². The lowest BCUT2D eigenvalue weighted by Gasteiger charge is -2.29. The lowest BCUT2D eigenvalue weighted by molar-refractivity contribution is -0.142. The Balaban J connectivity index is 2.22. The van der Waals surface area contributed by atoms with Gasteiger partial charge in [-0.05, 0) is 31.9 Å². The highest BCUT2D eigenvalue weighted by Gasteiger charge is 2.34. The number of nitrogens with zero attached hydrogens (tertiary/aromatic N) is 1. The van der Waals surface area contributed by atoms with E-state index in [1.54, 1.807) is 20.0 Å². The molecule has 1 aromatic heterocycles. The van der Waals surface area contributed by atoms with Crippen molar-refractivity contribution in [2.24, 2.45) is 5.73 Å². The number of carbonyl (C=O) groups is 6. The minimum Gasteiger partial charge on any atom is -0.481 e. The van der Waals surface area contributed by atoms with Crippen LogP contribution in [0.3, 0.4) is 0 Å². The number of hydrogen-bond acceptors (Lipinski definition) is 6. The second-order valence-corrected chi connectivity index (χ2v) is 12.7. The summed E-state index contributed by atoms with van der Waals surface area (Å²) in [4.78, 5) is 81.2. The number of carboxylic acid groups (broad SMARTS) is 1. The largest absolute Gasteiger partial charge is 0.481 e. The van der Waals surface area contributed by atoms with E-state index in [1.165, 1.54) is 44.1 Å². The van der Waals surface area contributed by atoms with E-state index >= 15 is 0 Å². The molecule has 0 aliphatic rings. The lowest BCUT2D eigenvalue weighted by Crippen LogP contribution is -2.58. The number of unbranched alkanes of at least 4 members (excludes halogenated alkanes) is 8. The Labute approximate surface area is 283 Å². The van der Waals surface area contributed by atoms with Crippen molar-refractivity contribution >= 4 is 46.4 Å². The fourth-order valence-corrected chi connectivity index (χ4v) is 5.57. The van der Waals surface area contributed by atoms with Crippen LogP contribution in [-0.2, 0) is 35.2 Å². The van der Waals surface area contributed by atoms with Gasteiger partial charge in [0.15, 0.2) is 0 Å². The van der Waals surface area contributed by atoms with Crippen molar-refractivity contribution < 1.29 is 33.9 Å². The predicted octanol–water partition coefficient (Wildman–Crippen LogP) is 3.30. The van der Waals surface area contributed by atoms with E-state index in [-0.39, 0.29) is 24.8 Å². The SMILES string of the molecule is CCCCCCCCCCCC(=O)N(C)C(Cc1c[nH]c2ccccc12)C(=O)NC(CC(N)=O)C(=O)NC(CC(=O)O)C(=O)NC(C)C. The number of hydrogen-bond donors (Lipinski definition) is 6. The van der Waals surface area contributed by atoms with Crippen LogP contribution in [0.4, 0.5) is 0 Å². The quantitative estimate of drug-likeness (QED) is 0.0973. The number of aliphatic carboxylic acids is 1. The number of aromatic nitrogens is 1. The van der Waals surface area contributed by atoms with Crippen LogP contribution in [-0.4, -0.2) is 81.7 Å². The maximum atomic E-state index is 13.9. The van der Waals surface area contributed by atoms with E-state index < -0.39 is 60.6 Å².